The summed E-state index contributed by atoms with van der Waals surface area (Å²) in [5.74, 6) is 0. The molecule has 0 aliphatic carbocycles. The lowest BCUT2D eigenvalue weighted by Gasteiger charge is -2.11. The molecular formula is C22H16. The Morgan fingerprint density at radius 2 is 1.27 bits per heavy atom. The Morgan fingerprint density at radius 3 is 2.00 bits per heavy atom. The van der Waals surface area contributed by atoms with Crippen molar-refractivity contribution in [1.29, 1.82) is 0 Å². The zero-order valence-corrected chi connectivity index (χ0v) is 12.3. The average Bonchev–Trinajstić information content (AvgIpc) is 2.61. The molecule has 0 spiro atoms. The lowest BCUT2D eigenvalue weighted by Crippen LogP contribution is -1.84. The molecule has 4 rings (SSSR count). The van der Waals surface area contributed by atoms with Crippen molar-refractivity contribution in [2.24, 2.45) is 0 Å². The van der Waals surface area contributed by atoms with Crippen molar-refractivity contribution in [3.05, 3.63) is 91.0 Å². The van der Waals surface area contributed by atoms with Crippen LogP contribution >= 0.6 is 0 Å². The summed E-state index contributed by atoms with van der Waals surface area (Å²) in [5, 5.41) is 5.20. The Kier molecular flexibility index (Phi) is 3.01. The van der Waals surface area contributed by atoms with Gasteiger partial charge in [-0.25, -0.2) is 0 Å². The van der Waals surface area contributed by atoms with Crippen LogP contribution in [0.4, 0.5) is 0 Å². The van der Waals surface area contributed by atoms with Gasteiger partial charge in [0.1, 0.15) is 0 Å². The van der Waals surface area contributed by atoms with Crippen LogP contribution in [0.25, 0.3) is 38.7 Å². The second-order valence-corrected chi connectivity index (χ2v) is 5.52. The number of rotatable bonds is 2. The van der Waals surface area contributed by atoms with E-state index in [2.05, 4.69) is 85.4 Å². The molecule has 22 heavy (non-hydrogen) atoms. The van der Waals surface area contributed by atoms with Gasteiger partial charge >= 0.3 is 0 Å². The van der Waals surface area contributed by atoms with Gasteiger partial charge in [0, 0.05) is 0 Å². The molecule has 0 saturated carbocycles. The van der Waals surface area contributed by atoms with Crippen LogP contribution in [-0.2, 0) is 0 Å². The molecule has 0 saturated heterocycles. The van der Waals surface area contributed by atoms with Gasteiger partial charge in [0.05, 0.1) is 0 Å². The van der Waals surface area contributed by atoms with Gasteiger partial charge in [0.15, 0.2) is 0 Å². The molecule has 0 atom stereocenters. The predicted octanol–water partition coefficient (Wildman–Crippen LogP) is 6.30. The Balaban J connectivity index is 2.08. The van der Waals surface area contributed by atoms with Crippen LogP contribution in [0.15, 0.2) is 85.4 Å². The summed E-state index contributed by atoms with van der Waals surface area (Å²) in [6.45, 7) is 3.82. The summed E-state index contributed by atoms with van der Waals surface area (Å²) in [6.07, 6.45) is 1.88. The van der Waals surface area contributed by atoms with Crippen LogP contribution in [-0.4, -0.2) is 0 Å². The highest BCUT2D eigenvalue weighted by Gasteiger charge is 2.07. The highest BCUT2D eigenvalue weighted by Crippen LogP contribution is 2.34. The molecule has 0 aromatic heterocycles. The molecule has 0 bridgehead atoms. The molecule has 0 heterocycles. The summed E-state index contributed by atoms with van der Waals surface area (Å²) in [5.41, 5.74) is 3.67. The van der Waals surface area contributed by atoms with Gasteiger partial charge in [-0.2, -0.15) is 0 Å². The third-order valence-corrected chi connectivity index (χ3v) is 4.23. The van der Waals surface area contributed by atoms with Gasteiger partial charge in [0.25, 0.3) is 0 Å². The van der Waals surface area contributed by atoms with E-state index in [0.717, 1.165) is 5.56 Å². The van der Waals surface area contributed by atoms with E-state index in [1.54, 1.807) is 0 Å². The maximum atomic E-state index is 3.82. The minimum atomic E-state index is 1.15. The maximum absolute atomic E-state index is 3.82. The summed E-state index contributed by atoms with van der Waals surface area (Å²) >= 11 is 0. The van der Waals surface area contributed by atoms with Crippen molar-refractivity contribution in [1.82, 2.24) is 0 Å². The Hall–Kier alpha value is -2.86. The van der Waals surface area contributed by atoms with Crippen LogP contribution in [0, 0.1) is 0 Å². The molecule has 0 aliphatic rings. The number of fused-ring (bicyclic) bond motifs is 3. The first-order valence-electron chi connectivity index (χ1n) is 7.50. The third kappa shape index (κ3) is 2.01. The van der Waals surface area contributed by atoms with Crippen molar-refractivity contribution in [2.45, 2.75) is 0 Å². The van der Waals surface area contributed by atoms with Gasteiger partial charge in [0.2, 0.25) is 0 Å². The molecule has 104 valence electrons. The Bertz CT molecular complexity index is 976. The highest BCUT2D eigenvalue weighted by atomic mass is 14.1. The van der Waals surface area contributed by atoms with E-state index in [1.807, 2.05) is 6.08 Å². The van der Waals surface area contributed by atoms with Crippen LogP contribution in [0.2, 0.25) is 0 Å². The van der Waals surface area contributed by atoms with E-state index in [9.17, 15) is 0 Å². The molecule has 0 radical (unpaired) electrons. The largest absolute Gasteiger partial charge is 0.0985 e. The molecule has 0 unspecified atom stereocenters. The first-order chi connectivity index (χ1) is 10.9. The molecular weight excluding hydrogens is 264 g/mol. The third-order valence-electron chi connectivity index (χ3n) is 4.23. The zero-order chi connectivity index (χ0) is 14.9. The van der Waals surface area contributed by atoms with Crippen molar-refractivity contribution in [3.63, 3.8) is 0 Å². The van der Waals surface area contributed by atoms with Crippen molar-refractivity contribution < 1.29 is 0 Å². The van der Waals surface area contributed by atoms with Crippen molar-refractivity contribution in [3.8, 4) is 11.1 Å². The Labute approximate surface area is 130 Å². The van der Waals surface area contributed by atoms with Gasteiger partial charge in [-0.05, 0) is 44.3 Å². The van der Waals surface area contributed by atoms with E-state index in [1.165, 1.54) is 32.7 Å². The fourth-order valence-corrected chi connectivity index (χ4v) is 3.09. The average molecular weight is 280 g/mol. The monoisotopic (exact) mass is 280 g/mol. The van der Waals surface area contributed by atoms with Crippen molar-refractivity contribution in [2.75, 3.05) is 0 Å². The molecule has 4 aromatic carbocycles. The molecule has 0 aliphatic heterocycles. The van der Waals surface area contributed by atoms with Crippen molar-refractivity contribution >= 4 is 27.6 Å². The number of hydrogen-bond acceptors (Lipinski definition) is 0. The molecule has 0 amide bonds. The summed E-state index contributed by atoms with van der Waals surface area (Å²) in [7, 11) is 0. The van der Waals surface area contributed by atoms with Crippen LogP contribution in [0.5, 0.6) is 0 Å². The predicted molar refractivity (Wildman–Crippen MR) is 97.0 cm³/mol. The summed E-state index contributed by atoms with van der Waals surface area (Å²) in [6, 6.07) is 28.1. The van der Waals surface area contributed by atoms with Crippen LogP contribution < -0.4 is 0 Å². The van der Waals surface area contributed by atoms with E-state index >= 15 is 0 Å². The lowest BCUT2D eigenvalue weighted by molar-refractivity contribution is 1.63. The SMILES string of the molecule is C=Cc1ccc(-c2cc3ccccc3c3ccccc23)cc1. The summed E-state index contributed by atoms with van der Waals surface area (Å²) < 4.78 is 0. The molecule has 0 nitrogen and oxygen atoms in total. The fraction of sp³-hybridized carbons (Fsp3) is 0. The van der Waals surface area contributed by atoms with E-state index in [-0.39, 0.29) is 0 Å². The summed E-state index contributed by atoms with van der Waals surface area (Å²) in [4.78, 5) is 0. The standard InChI is InChI=1S/C22H16/c1-2-16-11-13-17(14-12-16)22-15-18-7-3-4-8-19(18)20-9-5-6-10-21(20)22/h2-15H,1H2. The lowest BCUT2D eigenvalue weighted by atomic mass is 9.93. The second-order valence-electron chi connectivity index (χ2n) is 5.52. The molecule has 0 fully saturated rings. The zero-order valence-electron chi connectivity index (χ0n) is 12.3. The first-order valence-corrected chi connectivity index (χ1v) is 7.50. The number of hydrogen-bond donors (Lipinski definition) is 0. The quantitative estimate of drug-likeness (QED) is 0.378. The normalized spacial score (nSPS) is 10.9. The second kappa shape index (κ2) is 5.16. The maximum Gasteiger partial charge on any atom is -0.00990 e. The van der Waals surface area contributed by atoms with Crippen LogP contribution in [0.1, 0.15) is 5.56 Å². The van der Waals surface area contributed by atoms with E-state index in [0.29, 0.717) is 0 Å². The van der Waals surface area contributed by atoms with Gasteiger partial charge in [-0.1, -0.05) is 85.5 Å². The topological polar surface area (TPSA) is 0 Å². The van der Waals surface area contributed by atoms with Gasteiger partial charge in [-0.15, -0.1) is 0 Å². The van der Waals surface area contributed by atoms with Gasteiger partial charge in [-0.3, -0.25) is 0 Å². The Morgan fingerprint density at radius 1 is 0.636 bits per heavy atom. The van der Waals surface area contributed by atoms with Crippen LogP contribution in [0.3, 0.4) is 0 Å². The first kappa shape index (κ1) is 12.8. The molecule has 4 aromatic rings. The molecule has 0 heteroatoms. The smallest absolute Gasteiger partial charge is 0.00990 e. The van der Waals surface area contributed by atoms with Gasteiger partial charge < -0.3 is 0 Å². The highest BCUT2D eigenvalue weighted by molar-refractivity contribution is 6.13. The minimum Gasteiger partial charge on any atom is -0.0985 e. The molecule has 0 N–H and O–H groups in total. The fourth-order valence-electron chi connectivity index (χ4n) is 3.09. The minimum absolute atomic E-state index is 1.15. The van der Waals surface area contributed by atoms with E-state index < -0.39 is 0 Å². The number of benzene rings is 4. The van der Waals surface area contributed by atoms with E-state index in [4.69, 9.17) is 0 Å².